The van der Waals surface area contributed by atoms with Gasteiger partial charge in [0.05, 0.1) is 5.75 Å². The molecular formula is C20H28N4O3S. The van der Waals surface area contributed by atoms with Crippen LogP contribution in [0.1, 0.15) is 37.8 Å². The number of carbonyl (C=O) groups is 1. The first kappa shape index (κ1) is 21.8. The molecule has 0 saturated carbocycles. The SMILES string of the molecule is CCCCn1c(N)c(N(CC)C(=O)CSCc2cccc(C)c2)c(=O)[nH]c1=O. The second-order valence-corrected chi connectivity index (χ2v) is 7.60. The van der Waals surface area contributed by atoms with Crippen LogP contribution < -0.4 is 21.9 Å². The Hall–Kier alpha value is -2.48. The first-order chi connectivity index (χ1) is 13.4. The molecular weight excluding hydrogens is 376 g/mol. The number of nitrogens with two attached hydrogens (primary N) is 1. The van der Waals surface area contributed by atoms with Crippen molar-refractivity contribution in [2.75, 3.05) is 22.9 Å². The van der Waals surface area contributed by atoms with Crippen molar-refractivity contribution in [3.05, 3.63) is 56.2 Å². The molecule has 8 heteroatoms. The summed E-state index contributed by atoms with van der Waals surface area (Å²) in [6, 6.07) is 8.13. The van der Waals surface area contributed by atoms with Gasteiger partial charge in [0.25, 0.3) is 5.56 Å². The number of hydrogen-bond donors (Lipinski definition) is 2. The van der Waals surface area contributed by atoms with E-state index in [1.54, 1.807) is 6.92 Å². The molecule has 152 valence electrons. The van der Waals surface area contributed by atoms with Crippen LogP contribution in [-0.4, -0.2) is 27.8 Å². The number of nitrogens with zero attached hydrogens (tertiary/aromatic N) is 2. The second kappa shape index (κ2) is 10.2. The average molecular weight is 405 g/mol. The molecule has 0 aliphatic heterocycles. The zero-order valence-electron chi connectivity index (χ0n) is 16.7. The van der Waals surface area contributed by atoms with Crippen LogP contribution in [0.5, 0.6) is 0 Å². The van der Waals surface area contributed by atoms with Gasteiger partial charge in [-0.3, -0.25) is 19.1 Å². The summed E-state index contributed by atoms with van der Waals surface area (Å²) in [5.74, 6) is 0.751. The number of H-pyrrole nitrogens is 1. The maximum absolute atomic E-state index is 12.8. The monoisotopic (exact) mass is 404 g/mol. The van der Waals surface area contributed by atoms with Gasteiger partial charge in [-0.2, -0.15) is 0 Å². The number of benzene rings is 1. The third kappa shape index (κ3) is 5.28. The molecule has 0 fully saturated rings. The fraction of sp³-hybridized carbons (Fsp3) is 0.450. The van der Waals surface area contributed by atoms with Gasteiger partial charge < -0.3 is 10.6 Å². The predicted molar refractivity (Wildman–Crippen MR) is 116 cm³/mol. The third-order valence-electron chi connectivity index (χ3n) is 4.41. The number of anilines is 2. The van der Waals surface area contributed by atoms with Crippen molar-refractivity contribution >= 4 is 29.2 Å². The Morgan fingerprint density at radius 2 is 2.04 bits per heavy atom. The van der Waals surface area contributed by atoms with Crippen LogP contribution in [0.2, 0.25) is 0 Å². The van der Waals surface area contributed by atoms with Gasteiger partial charge >= 0.3 is 5.69 Å². The number of thioether (sulfide) groups is 1. The molecule has 0 radical (unpaired) electrons. The smallest absolute Gasteiger partial charge is 0.330 e. The first-order valence-electron chi connectivity index (χ1n) is 9.45. The van der Waals surface area contributed by atoms with E-state index in [0.717, 1.165) is 18.4 Å². The number of hydrogen-bond acceptors (Lipinski definition) is 5. The average Bonchev–Trinajstić information content (AvgIpc) is 2.64. The van der Waals surface area contributed by atoms with Gasteiger partial charge in [-0.25, -0.2) is 4.79 Å². The Kier molecular flexibility index (Phi) is 7.92. The molecule has 1 heterocycles. The van der Waals surface area contributed by atoms with Gasteiger partial charge in [0.1, 0.15) is 5.82 Å². The van der Waals surface area contributed by atoms with Crippen molar-refractivity contribution in [3.8, 4) is 0 Å². The molecule has 7 nitrogen and oxygen atoms in total. The van der Waals surface area contributed by atoms with Crippen molar-refractivity contribution in [3.63, 3.8) is 0 Å². The Bertz CT molecular complexity index is 936. The molecule has 0 spiro atoms. The summed E-state index contributed by atoms with van der Waals surface area (Å²) in [6.45, 7) is 6.51. The van der Waals surface area contributed by atoms with E-state index in [1.165, 1.54) is 26.8 Å². The van der Waals surface area contributed by atoms with E-state index in [4.69, 9.17) is 5.73 Å². The number of nitrogen functional groups attached to an aromatic ring is 1. The van der Waals surface area contributed by atoms with E-state index >= 15 is 0 Å². The fourth-order valence-corrected chi connectivity index (χ4v) is 3.82. The van der Waals surface area contributed by atoms with Gasteiger partial charge in [-0.1, -0.05) is 43.2 Å². The highest BCUT2D eigenvalue weighted by molar-refractivity contribution is 7.99. The maximum Gasteiger partial charge on any atom is 0.330 e. The van der Waals surface area contributed by atoms with Crippen LogP contribution >= 0.6 is 11.8 Å². The molecule has 1 aromatic heterocycles. The number of aromatic nitrogens is 2. The van der Waals surface area contributed by atoms with Crippen LogP contribution in [-0.2, 0) is 17.1 Å². The summed E-state index contributed by atoms with van der Waals surface area (Å²) in [6.07, 6.45) is 1.63. The minimum Gasteiger partial charge on any atom is -0.383 e. The summed E-state index contributed by atoms with van der Waals surface area (Å²) in [7, 11) is 0. The van der Waals surface area contributed by atoms with Crippen molar-refractivity contribution in [2.24, 2.45) is 0 Å². The zero-order chi connectivity index (χ0) is 20.7. The number of unbranched alkanes of at least 4 members (excludes halogenated alkanes) is 1. The van der Waals surface area contributed by atoms with Gasteiger partial charge in [0.2, 0.25) is 5.91 Å². The Morgan fingerprint density at radius 1 is 1.29 bits per heavy atom. The van der Waals surface area contributed by atoms with Crippen molar-refractivity contribution in [2.45, 2.75) is 45.9 Å². The lowest BCUT2D eigenvalue weighted by atomic mass is 10.2. The summed E-state index contributed by atoms with van der Waals surface area (Å²) < 4.78 is 1.33. The Balaban J connectivity index is 2.18. The topological polar surface area (TPSA) is 101 Å². The summed E-state index contributed by atoms with van der Waals surface area (Å²) in [4.78, 5) is 40.9. The van der Waals surface area contributed by atoms with E-state index < -0.39 is 11.2 Å². The zero-order valence-corrected chi connectivity index (χ0v) is 17.5. The van der Waals surface area contributed by atoms with E-state index in [0.29, 0.717) is 18.8 Å². The second-order valence-electron chi connectivity index (χ2n) is 6.62. The summed E-state index contributed by atoms with van der Waals surface area (Å²) >= 11 is 1.48. The molecule has 2 rings (SSSR count). The molecule has 2 aromatic rings. The molecule has 28 heavy (non-hydrogen) atoms. The van der Waals surface area contributed by atoms with E-state index in [1.807, 2.05) is 32.0 Å². The fourth-order valence-electron chi connectivity index (χ4n) is 2.97. The number of carbonyl (C=O) groups excluding carboxylic acids is 1. The lowest BCUT2D eigenvalue weighted by Crippen LogP contribution is -2.41. The maximum atomic E-state index is 12.8. The quantitative estimate of drug-likeness (QED) is 0.669. The molecule has 0 aliphatic carbocycles. The molecule has 1 aromatic carbocycles. The van der Waals surface area contributed by atoms with Crippen LogP contribution in [0.3, 0.4) is 0 Å². The minimum atomic E-state index is -0.630. The standard InChI is InChI=1S/C20H28N4O3S/c1-4-6-10-24-18(21)17(19(26)22-20(24)27)23(5-2)16(25)13-28-12-15-9-7-8-14(3)11-15/h7-9,11H,4-6,10,12-13,21H2,1-3H3,(H,22,26,27). The Labute approximate surface area is 168 Å². The van der Waals surface area contributed by atoms with Crippen LogP contribution in [0.25, 0.3) is 0 Å². The third-order valence-corrected chi connectivity index (χ3v) is 5.40. The predicted octanol–water partition coefficient (Wildman–Crippen LogP) is 2.51. The van der Waals surface area contributed by atoms with Crippen molar-refractivity contribution in [1.82, 2.24) is 9.55 Å². The lowest BCUT2D eigenvalue weighted by molar-refractivity contribution is -0.116. The molecule has 0 bridgehead atoms. The minimum absolute atomic E-state index is 0.0427. The summed E-state index contributed by atoms with van der Waals surface area (Å²) in [5, 5.41) is 0. The number of aryl methyl sites for hydroxylation is 1. The van der Waals surface area contributed by atoms with Gasteiger partial charge in [0, 0.05) is 18.8 Å². The van der Waals surface area contributed by atoms with E-state index in [-0.39, 0.29) is 23.2 Å². The van der Waals surface area contributed by atoms with Crippen molar-refractivity contribution in [1.29, 1.82) is 0 Å². The van der Waals surface area contributed by atoms with Gasteiger partial charge in [-0.15, -0.1) is 11.8 Å². The van der Waals surface area contributed by atoms with Crippen LogP contribution in [0.15, 0.2) is 33.9 Å². The van der Waals surface area contributed by atoms with E-state index in [9.17, 15) is 14.4 Å². The molecule has 0 aliphatic rings. The van der Waals surface area contributed by atoms with Crippen LogP contribution in [0, 0.1) is 6.92 Å². The lowest BCUT2D eigenvalue weighted by Gasteiger charge is -2.23. The van der Waals surface area contributed by atoms with E-state index in [2.05, 4.69) is 11.1 Å². The molecule has 0 unspecified atom stereocenters. The van der Waals surface area contributed by atoms with Gasteiger partial charge in [0.15, 0.2) is 5.69 Å². The molecule has 0 saturated heterocycles. The number of nitrogens with one attached hydrogen (secondary N) is 1. The number of amides is 1. The highest BCUT2D eigenvalue weighted by Crippen LogP contribution is 2.20. The summed E-state index contributed by atoms with van der Waals surface area (Å²) in [5.41, 5.74) is 7.32. The highest BCUT2D eigenvalue weighted by atomic mass is 32.2. The van der Waals surface area contributed by atoms with Crippen LogP contribution in [0.4, 0.5) is 11.5 Å². The van der Waals surface area contributed by atoms with Gasteiger partial charge in [-0.05, 0) is 25.8 Å². The number of rotatable bonds is 9. The Morgan fingerprint density at radius 3 is 2.68 bits per heavy atom. The molecule has 3 N–H and O–H groups in total. The number of aromatic amines is 1. The largest absolute Gasteiger partial charge is 0.383 e. The highest BCUT2D eigenvalue weighted by Gasteiger charge is 2.22. The molecule has 1 amide bonds. The molecule has 0 atom stereocenters. The first-order valence-corrected chi connectivity index (χ1v) is 10.6. The normalized spacial score (nSPS) is 10.8. The van der Waals surface area contributed by atoms with Crippen molar-refractivity contribution < 1.29 is 4.79 Å².